The van der Waals surface area contributed by atoms with Crippen LogP contribution in [0.2, 0.25) is 0 Å². The predicted octanol–water partition coefficient (Wildman–Crippen LogP) is 1.22. The van der Waals surface area contributed by atoms with Crippen molar-refractivity contribution in [2.24, 2.45) is 5.92 Å². The van der Waals surface area contributed by atoms with Crippen molar-refractivity contribution >= 4 is 17.9 Å². The number of hydrogen-bond donors (Lipinski definition) is 2. The van der Waals surface area contributed by atoms with Gasteiger partial charge in [0, 0.05) is 19.4 Å². The van der Waals surface area contributed by atoms with Gasteiger partial charge in [0.05, 0.1) is 18.8 Å². The van der Waals surface area contributed by atoms with Gasteiger partial charge in [-0.15, -0.1) is 0 Å². The molecule has 1 fully saturated rings. The molecule has 1 rings (SSSR count). The summed E-state index contributed by atoms with van der Waals surface area (Å²) in [6.45, 7) is 6.42. The van der Waals surface area contributed by atoms with Crippen LogP contribution >= 0.6 is 0 Å². The maximum absolute atomic E-state index is 12.1. The monoisotopic (exact) mass is 300 g/mol. The van der Waals surface area contributed by atoms with Crippen molar-refractivity contribution < 1.29 is 24.2 Å². The van der Waals surface area contributed by atoms with Crippen LogP contribution in [-0.4, -0.2) is 53.2 Å². The van der Waals surface area contributed by atoms with E-state index in [1.165, 1.54) is 0 Å². The minimum absolute atomic E-state index is 0.0225. The van der Waals surface area contributed by atoms with Gasteiger partial charge in [-0.1, -0.05) is 13.8 Å². The summed E-state index contributed by atoms with van der Waals surface area (Å²) in [5.41, 5.74) is 0. The second-order valence-corrected chi connectivity index (χ2v) is 5.62. The van der Waals surface area contributed by atoms with Crippen LogP contribution < -0.4 is 5.32 Å². The van der Waals surface area contributed by atoms with Crippen molar-refractivity contribution in [2.45, 2.75) is 52.2 Å². The standard InChI is InChI=1S/C14H24N2O5/c1-4-11-8-21-10(3)7-16(11)14(20)15-12(17)5-9(2)6-13(18)19/h9-11H,4-8H2,1-3H3,(H,18,19)(H,15,17,20). The number of carbonyl (C=O) groups excluding carboxylic acids is 2. The predicted molar refractivity (Wildman–Crippen MR) is 75.8 cm³/mol. The van der Waals surface area contributed by atoms with Gasteiger partial charge in [0.25, 0.3) is 0 Å². The van der Waals surface area contributed by atoms with Crippen LogP contribution in [0.25, 0.3) is 0 Å². The van der Waals surface area contributed by atoms with Crippen LogP contribution in [0.15, 0.2) is 0 Å². The van der Waals surface area contributed by atoms with E-state index in [9.17, 15) is 14.4 Å². The Hall–Kier alpha value is -1.63. The van der Waals surface area contributed by atoms with E-state index in [0.29, 0.717) is 13.2 Å². The highest BCUT2D eigenvalue weighted by Gasteiger charge is 2.30. The minimum Gasteiger partial charge on any atom is -0.481 e. The fourth-order valence-corrected chi connectivity index (χ4v) is 2.36. The average molecular weight is 300 g/mol. The number of morpholine rings is 1. The van der Waals surface area contributed by atoms with E-state index in [0.717, 1.165) is 6.42 Å². The number of rotatable bonds is 5. The van der Waals surface area contributed by atoms with E-state index in [2.05, 4.69) is 5.32 Å². The molecule has 0 radical (unpaired) electrons. The van der Waals surface area contributed by atoms with Crippen molar-refractivity contribution in [1.29, 1.82) is 0 Å². The summed E-state index contributed by atoms with van der Waals surface area (Å²) in [5, 5.41) is 11.0. The third kappa shape index (κ3) is 5.71. The minimum atomic E-state index is -0.949. The van der Waals surface area contributed by atoms with E-state index < -0.39 is 17.9 Å². The third-order valence-electron chi connectivity index (χ3n) is 3.50. The van der Waals surface area contributed by atoms with Crippen LogP contribution in [0.3, 0.4) is 0 Å². The highest BCUT2D eigenvalue weighted by molar-refractivity contribution is 5.94. The number of imide groups is 1. The van der Waals surface area contributed by atoms with Crippen molar-refractivity contribution in [1.82, 2.24) is 10.2 Å². The number of carboxylic acid groups (broad SMARTS) is 1. The number of ether oxygens (including phenoxy) is 1. The lowest BCUT2D eigenvalue weighted by Crippen LogP contribution is -2.55. The normalized spacial score (nSPS) is 23.5. The molecule has 0 saturated carbocycles. The maximum atomic E-state index is 12.1. The number of carbonyl (C=O) groups is 3. The first kappa shape index (κ1) is 17.4. The molecule has 7 heteroatoms. The van der Waals surface area contributed by atoms with Crippen molar-refractivity contribution in [3.8, 4) is 0 Å². The molecule has 3 unspecified atom stereocenters. The summed E-state index contributed by atoms with van der Waals surface area (Å²) in [7, 11) is 0. The zero-order chi connectivity index (χ0) is 16.0. The van der Waals surface area contributed by atoms with E-state index >= 15 is 0 Å². The molecule has 0 aromatic rings. The van der Waals surface area contributed by atoms with Gasteiger partial charge in [0.2, 0.25) is 5.91 Å². The van der Waals surface area contributed by atoms with Gasteiger partial charge >= 0.3 is 12.0 Å². The lowest BCUT2D eigenvalue weighted by Gasteiger charge is -2.38. The number of nitrogens with one attached hydrogen (secondary N) is 1. The molecule has 0 aromatic carbocycles. The first-order valence-corrected chi connectivity index (χ1v) is 7.27. The molecule has 0 spiro atoms. The van der Waals surface area contributed by atoms with Gasteiger partial charge in [-0.3, -0.25) is 14.9 Å². The van der Waals surface area contributed by atoms with E-state index in [1.54, 1.807) is 11.8 Å². The van der Waals surface area contributed by atoms with E-state index in [-0.39, 0.29) is 30.9 Å². The average Bonchev–Trinajstić information content (AvgIpc) is 2.37. The first-order valence-electron chi connectivity index (χ1n) is 7.27. The zero-order valence-electron chi connectivity index (χ0n) is 12.8. The second kappa shape index (κ2) is 7.97. The SMILES string of the molecule is CCC1COC(C)CN1C(=O)NC(=O)CC(C)CC(=O)O. The number of nitrogens with zero attached hydrogens (tertiary/aromatic N) is 1. The Kier molecular flexibility index (Phi) is 6.61. The van der Waals surface area contributed by atoms with E-state index in [1.807, 2.05) is 13.8 Å². The summed E-state index contributed by atoms with van der Waals surface area (Å²) in [4.78, 5) is 36.1. The molecule has 0 aromatic heterocycles. The number of carboxylic acids is 1. The smallest absolute Gasteiger partial charge is 0.324 e. The van der Waals surface area contributed by atoms with Crippen LogP contribution in [0.5, 0.6) is 0 Å². The summed E-state index contributed by atoms with van der Waals surface area (Å²) >= 11 is 0. The molecule has 2 N–H and O–H groups in total. The zero-order valence-corrected chi connectivity index (χ0v) is 12.8. The maximum Gasteiger partial charge on any atom is 0.324 e. The molecular weight excluding hydrogens is 276 g/mol. The van der Waals surface area contributed by atoms with Gasteiger partial charge in [0.15, 0.2) is 0 Å². The van der Waals surface area contributed by atoms with E-state index in [4.69, 9.17) is 9.84 Å². The van der Waals surface area contributed by atoms with Crippen LogP contribution in [0.1, 0.15) is 40.0 Å². The van der Waals surface area contributed by atoms with Gasteiger partial charge < -0.3 is 14.7 Å². The largest absolute Gasteiger partial charge is 0.481 e. The number of aliphatic carboxylic acids is 1. The van der Waals surface area contributed by atoms with Crippen LogP contribution in [-0.2, 0) is 14.3 Å². The summed E-state index contributed by atoms with van der Waals surface area (Å²) < 4.78 is 5.50. The lowest BCUT2D eigenvalue weighted by atomic mass is 10.0. The number of urea groups is 1. The van der Waals surface area contributed by atoms with Gasteiger partial charge in [-0.25, -0.2) is 4.79 Å². The second-order valence-electron chi connectivity index (χ2n) is 5.62. The molecular formula is C14H24N2O5. The Morgan fingerprint density at radius 1 is 1.38 bits per heavy atom. The Bertz CT molecular complexity index is 399. The Balaban J connectivity index is 2.50. The lowest BCUT2D eigenvalue weighted by molar-refractivity contribution is -0.138. The Labute approximate surface area is 124 Å². The quantitative estimate of drug-likeness (QED) is 0.796. The third-order valence-corrected chi connectivity index (χ3v) is 3.50. The van der Waals surface area contributed by atoms with Gasteiger partial charge in [0.1, 0.15) is 0 Å². The number of hydrogen-bond acceptors (Lipinski definition) is 4. The molecule has 120 valence electrons. The first-order chi connectivity index (χ1) is 9.83. The fourth-order valence-electron chi connectivity index (χ4n) is 2.36. The molecule has 7 nitrogen and oxygen atoms in total. The molecule has 1 aliphatic rings. The topological polar surface area (TPSA) is 95.9 Å². The molecule has 21 heavy (non-hydrogen) atoms. The molecule has 1 saturated heterocycles. The van der Waals surface area contributed by atoms with Crippen LogP contribution in [0, 0.1) is 5.92 Å². The highest BCUT2D eigenvalue weighted by Crippen LogP contribution is 2.15. The van der Waals surface area contributed by atoms with Crippen molar-refractivity contribution in [2.75, 3.05) is 13.2 Å². The van der Waals surface area contributed by atoms with Gasteiger partial charge in [-0.2, -0.15) is 0 Å². The fraction of sp³-hybridized carbons (Fsp3) is 0.786. The molecule has 3 amide bonds. The Morgan fingerprint density at radius 2 is 2.05 bits per heavy atom. The molecule has 0 aliphatic carbocycles. The molecule has 1 heterocycles. The molecule has 0 bridgehead atoms. The Morgan fingerprint density at radius 3 is 2.62 bits per heavy atom. The van der Waals surface area contributed by atoms with Crippen LogP contribution in [0.4, 0.5) is 4.79 Å². The number of amides is 3. The highest BCUT2D eigenvalue weighted by atomic mass is 16.5. The van der Waals surface area contributed by atoms with Crippen molar-refractivity contribution in [3.05, 3.63) is 0 Å². The molecule has 3 atom stereocenters. The van der Waals surface area contributed by atoms with Gasteiger partial charge in [-0.05, 0) is 19.3 Å². The molecule has 1 aliphatic heterocycles. The van der Waals surface area contributed by atoms with Crippen molar-refractivity contribution in [3.63, 3.8) is 0 Å². The summed E-state index contributed by atoms with van der Waals surface area (Å²) in [6, 6.07) is -0.463. The summed E-state index contributed by atoms with van der Waals surface area (Å²) in [5.74, 6) is -1.70. The summed E-state index contributed by atoms with van der Waals surface area (Å²) in [6.07, 6.45) is 0.631.